The lowest BCUT2D eigenvalue weighted by Crippen LogP contribution is -2.23. The molecular formula is C16H18N4O9S2. The van der Waals surface area contributed by atoms with Crippen LogP contribution in [0, 0.1) is 13.8 Å². The molecule has 0 fully saturated rings. The minimum Gasteiger partial charge on any atom is -0.493 e. The van der Waals surface area contributed by atoms with Gasteiger partial charge >= 0.3 is 10.6 Å². The van der Waals surface area contributed by atoms with Crippen LogP contribution in [0.1, 0.15) is 18.1 Å². The van der Waals surface area contributed by atoms with E-state index in [0.717, 1.165) is 4.57 Å². The van der Waals surface area contributed by atoms with Crippen LogP contribution < -0.4 is 10.9 Å². The lowest BCUT2D eigenvalue weighted by Gasteiger charge is -2.13. The van der Waals surface area contributed by atoms with Gasteiger partial charge in [-0.15, -0.1) is 17.7 Å². The van der Waals surface area contributed by atoms with E-state index in [1.54, 1.807) is 6.92 Å². The number of hydrogen-bond donors (Lipinski definition) is 3. The van der Waals surface area contributed by atoms with Crippen LogP contribution in [0.4, 0.5) is 17.1 Å². The molecule has 1 aromatic heterocycles. The number of pyridine rings is 1. The first-order valence-electron chi connectivity index (χ1n) is 8.28. The molecule has 3 N–H and O–H groups in total. The Morgan fingerprint density at radius 2 is 1.77 bits per heavy atom. The van der Waals surface area contributed by atoms with Gasteiger partial charge in [0.15, 0.2) is 5.69 Å². The Kier molecular flexibility index (Phi) is 8.72. The van der Waals surface area contributed by atoms with Gasteiger partial charge in [-0.3, -0.25) is 18.7 Å². The zero-order valence-electron chi connectivity index (χ0n) is 16.4. The minimum absolute atomic E-state index is 0.0164. The Labute approximate surface area is 177 Å². The highest BCUT2D eigenvalue weighted by Crippen LogP contribution is 2.34. The quantitative estimate of drug-likeness (QED) is 0.314. The number of aromatic nitrogens is 1. The van der Waals surface area contributed by atoms with E-state index in [0.29, 0.717) is 6.41 Å². The van der Waals surface area contributed by atoms with Crippen molar-refractivity contribution in [3.05, 3.63) is 39.7 Å². The first kappa shape index (κ1) is 25.6. The number of benzene rings is 1. The third kappa shape index (κ3) is 6.53. The summed E-state index contributed by atoms with van der Waals surface area (Å²) in [6.45, 7) is 4.75. The normalized spacial score (nSPS) is 11.0. The van der Waals surface area contributed by atoms with Crippen molar-refractivity contribution in [1.29, 1.82) is 0 Å². The molecule has 0 aliphatic carbocycles. The molecular weight excluding hydrogens is 456 g/mol. The third-order valence-electron chi connectivity index (χ3n) is 3.88. The fourth-order valence-corrected chi connectivity index (χ4v) is 3.25. The zero-order valence-corrected chi connectivity index (χ0v) is 18.1. The van der Waals surface area contributed by atoms with Gasteiger partial charge in [-0.1, -0.05) is 0 Å². The fraction of sp³-hybridized carbons (Fsp3) is 0.250. The van der Waals surface area contributed by atoms with Crippen molar-refractivity contribution in [1.82, 2.24) is 4.57 Å². The summed E-state index contributed by atoms with van der Waals surface area (Å²) >= 11 is 0. The van der Waals surface area contributed by atoms with Crippen LogP contribution in [0.5, 0.6) is 5.88 Å². The van der Waals surface area contributed by atoms with Crippen molar-refractivity contribution in [3.63, 3.8) is 0 Å². The van der Waals surface area contributed by atoms with E-state index in [-0.39, 0.29) is 39.6 Å². The summed E-state index contributed by atoms with van der Waals surface area (Å²) in [5, 5.41) is 20.5. The van der Waals surface area contributed by atoms with Crippen molar-refractivity contribution in [2.75, 3.05) is 5.32 Å². The second-order valence-electron chi connectivity index (χ2n) is 5.81. The van der Waals surface area contributed by atoms with Gasteiger partial charge in [0, 0.05) is 12.1 Å². The summed E-state index contributed by atoms with van der Waals surface area (Å²) in [6, 6.07) is 3.89. The predicted octanol–water partition coefficient (Wildman–Crippen LogP) is 1.42. The van der Waals surface area contributed by atoms with Gasteiger partial charge in [-0.2, -0.15) is 13.5 Å². The standard InChI is InChI=1S/C16H18N4O6S.O3S/c1-4-20-15(22)13(17-8-21)10(3)14(16(20)23)19-18-11-5-6-12(9(2)7-11)27(24,25)26;1-4(2)3/h5-8,23H,4H2,1-3H3,(H,17,21)(H,24,25,26);. The number of aromatic hydroxyl groups is 1. The maximum Gasteiger partial charge on any atom is 0.425 e. The molecule has 0 aliphatic rings. The molecule has 0 saturated carbocycles. The molecule has 2 rings (SSSR count). The number of aryl methyl sites for hydroxylation is 1. The number of hydrogen-bond acceptors (Lipinski definition) is 10. The second kappa shape index (κ2) is 10.6. The Balaban J connectivity index is 0.00000110. The van der Waals surface area contributed by atoms with E-state index < -0.39 is 32.2 Å². The number of carbonyl (C=O) groups excluding carboxylic acids is 1. The molecule has 0 aliphatic heterocycles. The van der Waals surface area contributed by atoms with Crippen molar-refractivity contribution in [2.24, 2.45) is 10.2 Å². The van der Waals surface area contributed by atoms with Crippen molar-refractivity contribution < 1.29 is 35.5 Å². The molecule has 2 aromatic rings. The van der Waals surface area contributed by atoms with Gasteiger partial charge in [0.2, 0.25) is 12.3 Å². The number of rotatable bonds is 6. The molecule has 0 unspecified atom stereocenters. The molecule has 15 heteroatoms. The number of nitrogens with one attached hydrogen (secondary N) is 1. The number of carbonyl (C=O) groups is 1. The van der Waals surface area contributed by atoms with Crippen LogP contribution in [0.25, 0.3) is 0 Å². The molecule has 1 heterocycles. The van der Waals surface area contributed by atoms with Gasteiger partial charge in [0.1, 0.15) is 5.69 Å². The van der Waals surface area contributed by atoms with E-state index in [4.69, 9.17) is 17.2 Å². The zero-order chi connectivity index (χ0) is 23.9. The molecule has 0 atom stereocenters. The van der Waals surface area contributed by atoms with Crippen molar-refractivity contribution >= 4 is 44.2 Å². The lowest BCUT2D eigenvalue weighted by atomic mass is 10.2. The van der Waals surface area contributed by atoms with Gasteiger partial charge in [-0.05, 0) is 44.5 Å². The maximum absolute atomic E-state index is 12.3. The highest BCUT2D eigenvalue weighted by Gasteiger charge is 2.18. The summed E-state index contributed by atoms with van der Waals surface area (Å²) in [5.41, 5.74) is 0.125. The molecule has 31 heavy (non-hydrogen) atoms. The minimum atomic E-state index is -4.35. The van der Waals surface area contributed by atoms with E-state index in [1.807, 2.05) is 0 Å². The van der Waals surface area contributed by atoms with Crippen LogP contribution in [-0.4, -0.2) is 41.7 Å². The summed E-state index contributed by atoms with van der Waals surface area (Å²) in [7, 11) is -7.46. The average molecular weight is 474 g/mol. The summed E-state index contributed by atoms with van der Waals surface area (Å²) in [5.74, 6) is -0.411. The average Bonchev–Trinajstić information content (AvgIpc) is 2.64. The Bertz CT molecular complexity index is 1290. The molecule has 1 aromatic carbocycles. The highest BCUT2D eigenvalue weighted by atomic mass is 32.2. The number of azo groups is 1. The first-order chi connectivity index (χ1) is 14.3. The number of amides is 1. The highest BCUT2D eigenvalue weighted by molar-refractivity contribution is 7.85. The van der Waals surface area contributed by atoms with Crippen LogP contribution in [0.2, 0.25) is 0 Å². The smallest absolute Gasteiger partial charge is 0.425 e. The van der Waals surface area contributed by atoms with Gasteiger partial charge < -0.3 is 10.4 Å². The van der Waals surface area contributed by atoms with Gasteiger partial charge in [0.25, 0.3) is 15.7 Å². The summed E-state index contributed by atoms with van der Waals surface area (Å²) in [6.07, 6.45) is 0.346. The van der Waals surface area contributed by atoms with Crippen molar-refractivity contribution in [2.45, 2.75) is 32.2 Å². The fourth-order valence-electron chi connectivity index (χ4n) is 2.54. The number of nitrogens with zero attached hydrogens (tertiary/aromatic N) is 3. The topological polar surface area (TPSA) is 202 Å². The molecule has 13 nitrogen and oxygen atoms in total. The van der Waals surface area contributed by atoms with Crippen LogP contribution in [0.3, 0.4) is 0 Å². The van der Waals surface area contributed by atoms with E-state index in [1.165, 1.54) is 32.0 Å². The molecule has 1 amide bonds. The largest absolute Gasteiger partial charge is 0.493 e. The summed E-state index contributed by atoms with van der Waals surface area (Å²) < 4.78 is 58.0. The van der Waals surface area contributed by atoms with Crippen LogP contribution in [-0.2, 0) is 32.1 Å². The molecule has 168 valence electrons. The van der Waals surface area contributed by atoms with Crippen LogP contribution >= 0.6 is 0 Å². The Morgan fingerprint density at radius 1 is 1.19 bits per heavy atom. The lowest BCUT2D eigenvalue weighted by molar-refractivity contribution is -0.105. The Morgan fingerprint density at radius 3 is 2.23 bits per heavy atom. The predicted molar refractivity (Wildman–Crippen MR) is 107 cm³/mol. The van der Waals surface area contributed by atoms with E-state index in [2.05, 4.69) is 15.5 Å². The second-order valence-corrected chi connectivity index (χ2v) is 7.61. The summed E-state index contributed by atoms with van der Waals surface area (Å²) in [4.78, 5) is 22.8. The first-order valence-corrected chi connectivity index (χ1v) is 10.7. The van der Waals surface area contributed by atoms with Gasteiger partial charge in [0.05, 0.1) is 10.6 Å². The molecule has 0 saturated heterocycles. The molecule has 0 spiro atoms. The van der Waals surface area contributed by atoms with E-state index in [9.17, 15) is 23.1 Å². The number of anilines is 1. The van der Waals surface area contributed by atoms with Gasteiger partial charge in [-0.25, -0.2) is 0 Å². The van der Waals surface area contributed by atoms with Crippen LogP contribution in [0.15, 0.2) is 38.1 Å². The Hall–Kier alpha value is -3.43. The molecule has 0 radical (unpaired) electrons. The monoisotopic (exact) mass is 474 g/mol. The van der Waals surface area contributed by atoms with Crippen molar-refractivity contribution in [3.8, 4) is 5.88 Å². The van der Waals surface area contributed by atoms with E-state index >= 15 is 0 Å². The molecule has 0 bridgehead atoms. The SMILES string of the molecule is CCn1c(O)c(N=Nc2ccc(S(=O)(=O)O)c(C)c2)c(C)c(NC=O)c1=O.O=S(=O)=O. The third-order valence-corrected chi connectivity index (χ3v) is 4.89. The maximum atomic E-state index is 12.3.